The summed E-state index contributed by atoms with van der Waals surface area (Å²) in [7, 11) is 0. The van der Waals surface area contributed by atoms with Gasteiger partial charge in [-0.3, -0.25) is 4.79 Å². The van der Waals surface area contributed by atoms with Crippen molar-refractivity contribution in [1.82, 2.24) is 5.32 Å². The average molecular weight is 322 g/mol. The molecule has 110 valence electrons. The monoisotopic (exact) mass is 321 g/mol. The number of amides is 1. The predicted molar refractivity (Wildman–Crippen MR) is 88.2 cm³/mol. The molecular weight excluding hydrogens is 305 g/mol. The number of hydrogen-bond acceptors (Lipinski definition) is 1. The highest BCUT2D eigenvalue weighted by Crippen LogP contribution is 2.26. The topological polar surface area (TPSA) is 29.1 Å². The van der Waals surface area contributed by atoms with Gasteiger partial charge in [0.2, 0.25) is 0 Å². The maximum atomic E-state index is 12.3. The lowest BCUT2D eigenvalue weighted by molar-refractivity contribution is 0.0940. The summed E-state index contributed by atoms with van der Waals surface area (Å²) < 4.78 is 0. The molecule has 1 amide bonds. The van der Waals surface area contributed by atoms with Crippen molar-refractivity contribution in [3.05, 3.63) is 69.2 Å². The third-order valence-electron chi connectivity index (χ3n) is 3.43. The molecule has 1 atom stereocenters. The molecule has 1 unspecified atom stereocenters. The van der Waals surface area contributed by atoms with Crippen molar-refractivity contribution in [3.63, 3.8) is 0 Å². The van der Waals surface area contributed by atoms with E-state index >= 15 is 0 Å². The van der Waals surface area contributed by atoms with E-state index < -0.39 is 0 Å². The number of aryl methyl sites for hydroxylation is 1. The van der Waals surface area contributed by atoms with Gasteiger partial charge in [0.05, 0.1) is 21.7 Å². The van der Waals surface area contributed by atoms with Crippen molar-refractivity contribution in [2.45, 2.75) is 26.3 Å². The van der Waals surface area contributed by atoms with Crippen LogP contribution in [0.5, 0.6) is 0 Å². The largest absolute Gasteiger partial charge is 0.345 e. The minimum atomic E-state index is -0.227. The van der Waals surface area contributed by atoms with Crippen molar-refractivity contribution in [2.24, 2.45) is 0 Å². The van der Waals surface area contributed by atoms with Gasteiger partial charge >= 0.3 is 0 Å². The number of nitrogens with one attached hydrogen (secondary N) is 1. The molecule has 2 nitrogen and oxygen atoms in total. The number of halogens is 2. The van der Waals surface area contributed by atoms with E-state index in [1.165, 1.54) is 5.56 Å². The van der Waals surface area contributed by atoms with Crippen LogP contribution in [0, 0.1) is 0 Å². The lowest BCUT2D eigenvalue weighted by atomic mass is 10.0. The van der Waals surface area contributed by atoms with E-state index in [1.54, 1.807) is 18.2 Å². The molecule has 2 rings (SSSR count). The number of carbonyl (C=O) groups excluding carboxylic acids is 1. The van der Waals surface area contributed by atoms with Crippen molar-refractivity contribution < 1.29 is 4.79 Å². The lowest BCUT2D eigenvalue weighted by Gasteiger charge is -2.15. The van der Waals surface area contributed by atoms with Crippen LogP contribution >= 0.6 is 23.2 Å². The first-order valence-electron chi connectivity index (χ1n) is 6.86. The summed E-state index contributed by atoms with van der Waals surface area (Å²) in [5.74, 6) is -0.227. The molecule has 0 aliphatic carbocycles. The molecule has 0 saturated heterocycles. The van der Waals surface area contributed by atoms with E-state index in [0.29, 0.717) is 10.6 Å². The molecule has 21 heavy (non-hydrogen) atoms. The lowest BCUT2D eigenvalue weighted by Crippen LogP contribution is -2.26. The Morgan fingerprint density at radius 3 is 2.43 bits per heavy atom. The van der Waals surface area contributed by atoms with Crippen molar-refractivity contribution in [3.8, 4) is 0 Å². The van der Waals surface area contributed by atoms with Gasteiger partial charge in [-0.15, -0.1) is 0 Å². The maximum Gasteiger partial charge on any atom is 0.253 e. The zero-order valence-electron chi connectivity index (χ0n) is 12.0. The fraction of sp³-hybridized carbons (Fsp3) is 0.235. The third kappa shape index (κ3) is 3.78. The molecule has 0 aromatic heterocycles. The Hall–Kier alpha value is -1.51. The summed E-state index contributed by atoms with van der Waals surface area (Å²) in [5, 5.41) is 3.60. The van der Waals surface area contributed by atoms with E-state index in [2.05, 4.69) is 24.4 Å². The minimum absolute atomic E-state index is 0.0987. The van der Waals surface area contributed by atoms with E-state index in [9.17, 15) is 4.79 Å². The fourth-order valence-electron chi connectivity index (χ4n) is 2.08. The standard InChI is InChI=1S/C17H17Cl2NO/c1-3-12-7-9-13(10-8-12)11(2)20-17(21)14-5-4-6-15(18)16(14)19/h4-11H,3H2,1-2H3,(H,20,21). The molecule has 0 bridgehead atoms. The zero-order valence-corrected chi connectivity index (χ0v) is 13.5. The summed E-state index contributed by atoms with van der Waals surface area (Å²) >= 11 is 12.0. The van der Waals surface area contributed by atoms with E-state index in [4.69, 9.17) is 23.2 Å². The quantitative estimate of drug-likeness (QED) is 0.839. The van der Waals surface area contributed by atoms with Crippen LogP contribution in [-0.4, -0.2) is 5.91 Å². The number of rotatable bonds is 4. The second-order valence-corrected chi connectivity index (χ2v) is 5.68. The first kappa shape index (κ1) is 15.9. The number of carbonyl (C=O) groups is 1. The summed E-state index contributed by atoms with van der Waals surface area (Å²) in [6.07, 6.45) is 0.999. The zero-order chi connectivity index (χ0) is 15.4. The molecule has 0 radical (unpaired) electrons. The molecule has 0 spiro atoms. The van der Waals surface area contributed by atoms with Crippen LogP contribution in [0.4, 0.5) is 0 Å². The summed E-state index contributed by atoms with van der Waals surface area (Å²) in [4.78, 5) is 12.3. The van der Waals surface area contributed by atoms with Crippen molar-refractivity contribution in [1.29, 1.82) is 0 Å². The summed E-state index contributed by atoms with van der Waals surface area (Å²) in [6.45, 7) is 4.05. The molecule has 2 aromatic rings. The minimum Gasteiger partial charge on any atom is -0.345 e. The smallest absolute Gasteiger partial charge is 0.253 e. The van der Waals surface area contributed by atoms with Crippen LogP contribution in [0.25, 0.3) is 0 Å². The van der Waals surface area contributed by atoms with Crippen LogP contribution in [0.1, 0.15) is 41.4 Å². The van der Waals surface area contributed by atoms with Gasteiger partial charge in [0, 0.05) is 0 Å². The molecule has 0 aliphatic rings. The predicted octanol–water partition coefficient (Wildman–Crippen LogP) is 5.05. The molecule has 2 aromatic carbocycles. The van der Waals surface area contributed by atoms with Gasteiger partial charge in [-0.05, 0) is 36.6 Å². The molecular formula is C17H17Cl2NO. The van der Waals surface area contributed by atoms with E-state index in [1.807, 2.05) is 19.1 Å². The van der Waals surface area contributed by atoms with Gasteiger partial charge in [-0.25, -0.2) is 0 Å². The van der Waals surface area contributed by atoms with E-state index in [-0.39, 0.29) is 17.0 Å². The Balaban J connectivity index is 2.12. The molecule has 1 N–H and O–H groups in total. The van der Waals surface area contributed by atoms with Gasteiger partial charge < -0.3 is 5.32 Å². The van der Waals surface area contributed by atoms with Crippen LogP contribution in [-0.2, 0) is 6.42 Å². The second kappa shape index (κ2) is 6.97. The third-order valence-corrected chi connectivity index (χ3v) is 4.25. The van der Waals surface area contributed by atoms with Gasteiger partial charge in [0.1, 0.15) is 0 Å². The second-order valence-electron chi connectivity index (χ2n) is 4.89. The van der Waals surface area contributed by atoms with Crippen LogP contribution < -0.4 is 5.32 Å². The Bertz CT molecular complexity index is 638. The number of benzene rings is 2. The first-order valence-corrected chi connectivity index (χ1v) is 7.62. The number of hydrogen-bond donors (Lipinski definition) is 1. The molecule has 0 fully saturated rings. The Morgan fingerprint density at radius 1 is 1.14 bits per heavy atom. The highest BCUT2D eigenvalue weighted by atomic mass is 35.5. The fourth-order valence-corrected chi connectivity index (χ4v) is 2.47. The molecule has 4 heteroatoms. The van der Waals surface area contributed by atoms with Crippen LogP contribution in [0.15, 0.2) is 42.5 Å². The highest BCUT2D eigenvalue weighted by Gasteiger charge is 2.15. The molecule has 0 saturated carbocycles. The molecule has 0 aliphatic heterocycles. The summed E-state index contributed by atoms with van der Waals surface area (Å²) in [5.41, 5.74) is 2.72. The average Bonchev–Trinajstić information content (AvgIpc) is 2.50. The Morgan fingerprint density at radius 2 is 1.81 bits per heavy atom. The van der Waals surface area contributed by atoms with Crippen molar-refractivity contribution >= 4 is 29.1 Å². The van der Waals surface area contributed by atoms with Gasteiger partial charge in [0.15, 0.2) is 0 Å². The SMILES string of the molecule is CCc1ccc(C(C)NC(=O)c2cccc(Cl)c2Cl)cc1. The molecule has 0 heterocycles. The van der Waals surface area contributed by atoms with E-state index in [0.717, 1.165) is 12.0 Å². The Kier molecular flexibility index (Phi) is 5.27. The van der Waals surface area contributed by atoms with Gasteiger partial charge in [-0.1, -0.05) is 60.5 Å². The maximum absolute atomic E-state index is 12.3. The normalized spacial score (nSPS) is 12.0. The van der Waals surface area contributed by atoms with Crippen LogP contribution in [0.2, 0.25) is 10.0 Å². The van der Waals surface area contributed by atoms with Crippen LogP contribution in [0.3, 0.4) is 0 Å². The first-order chi connectivity index (χ1) is 10.0. The summed E-state index contributed by atoms with van der Waals surface area (Å²) in [6, 6.07) is 13.1. The van der Waals surface area contributed by atoms with Gasteiger partial charge in [-0.2, -0.15) is 0 Å². The van der Waals surface area contributed by atoms with Crippen molar-refractivity contribution in [2.75, 3.05) is 0 Å². The van der Waals surface area contributed by atoms with Gasteiger partial charge in [0.25, 0.3) is 5.91 Å². The Labute approximate surface area is 135 Å². The highest BCUT2D eigenvalue weighted by molar-refractivity contribution is 6.43.